The smallest absolute Gasteiger partial charge is 0.167 e. The van der Waals surface area contributed by atoms with Crippen molar-refractivity contribution in [3.8, 4) is 56.4 Å². The Hall–Kier alpha value is -6.99. The minimum Gasteiger partial charge on any atom is -0.455 e. The highest BCUT2D eigenvalue weighted by Gasteiger charge is 2.20. The molecule has 0 radical (unpaired) electrons. The third kappa shape index (κ3) is 5.30. The molecule has 0 fully saturated rings. The highest BCUT2D eigenvalue weighted by Crippen LogP contribution is 2.45. The zero-order chi connectivity index (χ0) is 62.7. The second kappa shape index (κ2) is 12.8. The maximum atomic E-state index is 10.1. The molecule has 0 aliphatic carbocycles. The molecule has 57 heavy (non-hydrogen) atoms. The van der Waals surface area contributed by atoms with Gasteiger partial charge in [-0.15, -0.1) is 22.7 Å². The van der Waals surface area contributed by atoms with Gasteiger partial charge in [0.05, 0.1) is 45.3 Å². The third-order valence-electron chi connectivity index (χ3n) is 8.81. The lowest BCUT2D eigenvalue weighted by Gasteiger charge is -2.10. The number of benzene rings is 8. The molecule has 12 rings (SSSR count). The molecule has 4 heterocycles. The molecule has 266 valence electrons. The van der Waals surface area contributed by atoms with Crippen molar-refractivity contribution in [2.24, 2.45) is 0 Å². The van der Waals surface area contributed by atoms with Gasteiger partial charge in [0.1, 0.15) is 11.2 Å². The van der Waals surface area contributed by atoms with Crippen LogP contribution in [0, 0.1) is 0 Å². The second-order valence-corrected chi connectivity index (χ2v) is 14.1. The van der Waals surface area contributed by atoms with Gasteiger partial charge < -0.3 is 4.42 Å². The van der Waals surface area contributed by atoms with Gasteiger partial charge in [-0.1, -0.05) is 121 Å². The molecule has 0 saturated heterocycles. The summed E-state index contributed by atoms with van der Waals surface area (Å²) in [7, 11) is 0. The van der Waals surface area contributed by atoms with Gasteiger partial charge in [0.15, 0.2) is 17.5 Å². The van der Waals surface area contributed by atoms with Crippen LogP contribution in [0.4, 0.5) is 0 Å². The highest BCUT2D eigenvalue weighted by molar-refractivity contribution is 7.26. The Kier molecular flexibility index (Phi) is 3.32. The van der Waals surface area contributed by atoms with Gasteiger partial charge in [0, 0.05) is 67.8 Å². The predicted octanol–water partition coefficient (Wildman–Crippen LogP) is 14.8. The predicted molar refractivity (Wildman–Crippen MR) is 240 cm³/mol. The van der Waals surface area contributed by atoms with Crippen molar-refractivity contribution in [1.82, 2.24) is 15.0 Å². The molecule has 0 aliphatic heterocycles. The average molecular weight is 793 g/mol. The van der Waals surface area contributed by atoms with Crippen molar-refractivity contribution in [2.45, 2.75) is 0 Å². The van der Waals surface area contributed by atoms with E-state index in [0.29, 0.717) is 22.7 Å². The quantitative estimate of drug-likeness (QED) is 0.174. The van der Waals surface area contributed by atoms with Crippen LogP contribution in [0.1, 0.15) is 39.8 Å². The monoisotopic (exact) mass is 792 g/mol. The number of nitrogens with zero attached hydrogens (tertiary/aromatic N) is 3. The zero-order valence-corrected chi connectivity index (χ0v) is 29.7. The van der Waals surface area contributed by atoms with Crippen molar-refractivity contribution in [1.29, 1.82) is 0 Å². The summed E-state index contributed by atoms with van der Waals surface area (Å²) in [5, 5.41) is -2.28. The molecule has 0 N–H and O–H groups in total. The van der Waals surface area contributed by atoms with Crippen LogP contribution >= 0.6 is 22.7 Å². The molecule has 12 aromatic rings. The van der Waals surface area contributed by atoms with E-state index in [2.05, 4.69) is 15.0 Å². The summed E-state index contributed by atoms with van der Waals surface area (Å²) in [6, 6.07) is -23.2. The molecule has 8 aromatic carbocycles. The SMILES string of the molecule is [2H]c1c([2H])c([2H])c(-c2nc(-c3c([2H])c([2H])c([2H])c([2H])c3[2H])nc(-c3c([2H])c([2H])c([2H])c4c3oc3c([2H])c([2H])c(-c5c([2H])c(-c6c([2H])c([2H])c7sc8c([2H])c([2H])c([2H])c([2H])c8c7c6[2H])c6sc7c([2H])c([2H])c([2H])c([2H])c7c6c5[2H])c([2H])c34)n2)c([2H])c1[2H]. The standard InChI is InChI=1S/C51H29N3OS2/c1-3-12-30(13-4-1)49-52-50(31-14-5-2-6-15-31)54-51(53-49)38-19-11-18-37-40-26-32(22-24-43(40)55-47(37)38)34-28-39(48-42(29-34)36-17-8-10-21-45(36)57-48)33-23-25-46-41(27-33)35-16-7-9-20-44(35)56-46/h1-29H/i1D,2D,3D,4D,5D,6D,7D,8D,9D,10D,11D,12D,13D,14D,15D,16D,17D,18D,19D,20D,21D,22D,23D,24D,25D,26D,27D,28D,29D. The number of fused-ring (bicyclic) bond motifs is 9. The first-order valence-corrected chi connectivity index (χ1v) is 18.2. The lowest BCUT2D eigenvalue weighted by atomic mass is 9.94. The molecule has 0 unspecified atom stereocenters. The van der Waals surface area contributed by atoms with Crippen molar-refractivity contribution in [2.75, 3.05) is 0 Å². The Morgan fingerprint density at radius 1 is 0.368 bits per heavy atom. The Balaban J connectivity index is 1.23. The van der Waals surface area contributed by atoms with Crippen molar-refractivity contribution >= 4 is 85.0 Å². The maximum Gasteiger partial charge on any atom is 0.167 e. The van der Waals surface area contributed by atoms with Crippen LogP contribution in [0.3, 0.4) is 0 Å². The largest absolute Gasteiger partial charge is 0.455 e. The van der Waals surface area contributed by atoms with Crippen LogP contribution in [0.25, 0.3) is 119 Å². The summed E-state index contributed by atoms with van der Waals surface area (Å²) < 4.78 is 266. The molecule has 0 saturated carbocycles. The Morgan fingerprint density at radius 3 is 1.70 bits per heavy atom. The van der Waals surface area contributed by atoms with Gasteiger partial charge in [0.2, 0.25) is 0 Å². The molecular weight excluding hydrogens is 735 g/mol. The Labute approximate surface area is 375 Å². The number of hydrogen-bond acceptors (Lipinski definition) is 6. The average Bonchev–Trinajstić information content (AvgIpc) is 1.53. The van der Waals surface area contributed by atoms with Gasteiger partial charge in [-0.05, 0) is 71.1 Å². The summed E-state index contributed by atoms with van der Waals surface area (Å²) in [6.45, 7) is 0. The Bertz CT molecular complexity index is 5100. The van der Waals surface area contributed by atoms with Crippen LogP contribution in [0.5, 0.6) is 0 Å². The van der Waals surface area contributed by atoms with Crippen molar-refractivity contribution in [3.05, 3.63) is 175 Å². The fourth-order valence-electron chi connectivity index (χ4n) is 6.32. The van der Waals surface area contributed by atoms with Gasteiger partial charge in [-0.25, -0.2) is 15.0 Å². The highest BCUT2D eigenvalue weighted by atomic mass is 32.1. The fourth-order valence-corrected chi connectivity index (χ4v) is 8.31. The first-order valence-electron chi connectivity index (χ1n) is 31.1. The van der Waals surface area contributed by atoms with Crippen LogP contribution < -0.4 is 0 Å². The van der Waals surface area contributed by atoms with E-state index in [-0.39, 0.29) is 40.3 Å². The molecule has 0 spiro atoms. The Morgan fingerprint density at radius 2 is 0.947 bits per heavy atom. The van der Waals surface area contributed by atoms with Crippen molar-refractivity contribution in [3.63, 3.8) is 0 Å². The van der Waals surface area contributed by atoms with E-state index in [0.717, 1.165) is 0 Å². The molecule has 4 aromatic heterocycles. The summed E-state index contributed by atoms with van der Waals surface area (Å²) in [6.07, 6.45) is 0. The summed E-state index contributed by atoms with van der Waals surface area (Å²) in [4.78, 5) is 13.0. The first-order chi connectivity index (χ1) is 40.3. The molecular formula is C51H29N3OS2. The number of aromatic nitrogens is 3. The van der Waals surface area contributed by atoms with Crippen molar-refractivity contribution < 1.29 is 44.2 Å². The number of furan rings is 1. The number of thiophene rings is 2. The zero-order valence-electron chi connectivity index (χ0n) is 57.1. The number of para-hydroxylation sites is 1. The molecule has 4 nitrogen and oxygen atoms in total. The van der Waals surface area contributed by atoms with E-state index in [1.165, 1.54) is 0 Å². The van der Waals surface area contributed by atoms with E-state index in [1.54, 1.807) is 0 Å². The normalized spacial score (nSPS) is 19.0. The van der Waals surface area contributed by atoms with E-state index < -0.39 is 254 Å². The summed E-state index contributed by atoms with van der Waals surface area (Å²) in [5.74, 6) is -2.39. The van der Waals surface area contributed by atoms with Crippen LogP contribution in [0.15, 0.2) is 180 Å². The van der Waals surface area contributed by atoms with Crippen LogP contribution in [0.2, 0.25) is 0 Å². The van der Waals surface area contributed by atoms with Gasteiger partial charge in [0.25, 0.3) is 0 Å². The van der Waals surface area contributed by atoms with Gasteiger partial charge in [-0.3, -0.25) is 0 Å². The van der Waals surface area contributed by atoms with Gasteiger partial charge in [-0.2, -0.15) is 0 Å². The molecule has 0 atom stereocenters. The first kappa shape index (κ1) is 14.8. The molecule has 0 amide bonds. The van der Waals surface area contributed by atoms with Gasteiger partial charge >= 0.3 is 0 Å². The maximum absolute atomic E-state index is 10.1. The molecule has 0 aliphatic rings. The van der Waals surface area contributed by atoms with E-state index in [4.69, 9.17) is 30.5 Å². The van der Waals surface area contributed by atoms with Crippen LogP contribution in [-0.4, -0.2) is 15.0 Å². The minimum atomic E-state index is -0.971. The lowest BCUT2D eigenvalue weighted by Crippen LogP contribution is -2.00. The fraction of sp³-hybridized carbons (Fsp3) is 0. The number of rotatable bonds is 5. The van der Waals surface area contributed by atoms with E-state index >= 15 is 0 Å². The third-order valence-corrected chi connectivity index (χ3v) is 11.0. The lowest BCUT2D eigenvalue weighted by molar-refractivity contribution is 0.669. The summed E-state index contributed by atoms with van der Waals surface area (Å²) >= 11 is 1.35. The molecule has 0 bridgehead atoms. The minimum absolute atomic E-state index is 0.0699. The number of hydrogen-bond donors (Lipinski definition) is 0. The summed E-state index contributed by atoms with van der Waals surface area (Å²) in [5.41, 5.74) is -6.04. The van der Waals surface area contributed by atoms with E-state index in [9.17, 15) is 13.7 Å². The van der Waals surface area contributed by atoms with E-state index in [1.807, 2.05) is 0 Å². The molecule has 6 heteroatoms. The second-order valence-electron chi connectivity index (χ2n) is 12.1. The topological polar surface area (TPSA) is 51.8 Å². The van der Waals surface area contributed by atoms with Crippen LogP contribution in [-0.2, 0) is 0 Å².